The molecule has 2 rings (SSSR count). The summed E-state index contributed by atoms with van der Waals surface area (Å²) in [6.45, 7) is 0.296. The molecular weight excluding hydrogens is 230 g/mol. The monoisotopic (exact) mass is 239 g/mol. The van der Waals surface area contributed by atoms with Gasteiger partial charge in [0.15, 0.2) is 5.82 Å². The van der Waals surface area contributed by atoms with Gasteiger partial charge in [0.05, 0.1) is 5.56 Å². The second kappa shape index (κ2) is 4.51. The molecule has 1 aromatic carbocycles. The number of ether oxygens (including phenoxy) is 1. The Morgan fingerprint density at radius 3 is 3.06 bits per heavy atom. The second-order valence-electron chi connectivity index (χ2n) is 3.18. The lowest BCUT2D eigenvalue weighted by Crippen LogP contribution is -1.91. The predicted octanol–water partition coefficient (Wildman–Crippen LogP) is 2.12. The van der Waals surface area contributed by atoms with E-state index >= 15 is 0 Å². The predicted molar refractivity (Wildman–Crippen MR) is 59.9 cm³/mol. The molecule has 0 spiro atoms. The van der Waals surface area contributed by atoms with Gasteiger partial charge < -0.3 is 15.0 Å². The van der Waals surface area contributed by atoms with E-state index in [9.17, 15) is 0 Å². The first-order valence-electron chi connectivity index (χ1n) is 4.57. The summed E-state index contributed by atoms with van der Waals surface area (Å²) in [5, 5.41) is 4.31. The van der Waals surface area contributed by atoms with E-state index in [0.29, 0.717) is 34.6 Å². The summed E-state index contributed by atoms with van der Waals surface area (Å²) in [5.41, 5.74) is 6.95. The SMILES string of the molecule is COCc1noc(-c2cc(Cl)ccc2N)n1. The molecule has 1 heterocycles. The Morgan fingerprint density at radius 1 is 1.50 bits per heavy atom. The molecule has 0 bridgehead atoms. The van der Waals surface area contributed by atoms with Crippen LogP contribution in [0.2, 0.25) is 5.02 Å². The van der Waals surface area contributed by atoms with Gasteiger partial charge in [-0.05, 0) is 18.2 Å². The Kier molecular flexibility index (Phi) is 3.07. The van der Waals surface area contributed by atoms with Crippen LogP contribution < -0.4 is 5.73 Å². The molecule has 2 aromatic rings. The van der Waals surface area contributed by atoms with Gasteiger partial charge in [-0.3, -0.25) is 0 Å². The quantitative estimate of drug-likeness (QED) is 0.831. The molecule has 0 aliphatic heterocycles. The van der Waals surface area contributed by atoms with E-state index in [0.717, 1.165) is 0 Å². The highest BCUT2D eigenvalue weighted by Gasteiger charge is 2.11. The fraction of sp³-hybridized carbons (Fsp3) is 0.200. The van der Waals surface area contributed by atoms with Crippen LogP contribution in [0.25, 0.3) is 11.5 Å². The summed E-state index contributed by atoms with van der Waals surface area (Å²) >= 11 is 5.86. The van der Waals surface area contributed by atoms with Crippen LogP contribution >= 0.6 is 11.6 Å². The van der Waals surface area contributed by atoms with Crippen molar-refractivity contribution < 1.29 is 9.26 Å². The molecule has 0 aliphatic rings. The number of hydrogen-bond donors (Lipinski definition) is 1. The van der Waals surface area contributed by atoms with Crippen molar-refractivity contribution in [2.45, 2.75) is 6.61 Å². The van der Waals surface area contributed by atoms with Crippen LogP contribution in [-0.4, -0.2) is 17.3 Å². The summed E-state index contributed by atoms with van der Waals surface area (Å²) in [4.78, 5) is 4.13. The number of hydrogen-bond acceptors (Lipinski definition) is 5. The lowest BCUT2D eigenvalue weighted by Gasteiger charge is -2.00. The highest BCUT2D eigenvalue weighted by atomic mass is 35.5. The lowest BCUT2D eigenvalue weighted by molar-refractivity contribution is 0.174. The van der Waals surface area contributed by atoms with Crippen molar-refractivity contribution in [3.8, 4) is 11.5 Å². The average molecular weight is 240 g/mol. The first-order valence-corrected chi connectivity index (χ1v) is 4.95. The number of anilines is 1. The highest BCUT2D eigenvalue weighted by molar-refractivity contribution is 6.31. The molecule has 0 saturated carbocycles. The molecule has 1 aromatic heterocycles. The van der Waals surface area contributed by atoms with Gasteiger partial charge in [-0.25, -0.2) is 0 Å². The molecule has 6 heteroatoms. The molecule has 0 atom stereocenters. The van der Waals surface area contributed by atoms with E-state index in [1.807, 2.05) is 0 Å². The topological polar surface area (TPSA) is 74.2 Å². The minimum Gasteiger partial charge on any atom is -0.398 e. The average Bonchev–Trinajstić information content (AvgIpc) is 2.71. The largest absolute Gasteiger partial charge is 0.398 e. The molecule has 0 amide bonds. The number of benzene rings is 1. The van der Waals surface area contributed by atoms with Crippen molar-refractivity contribution >= 4 is 17.3 Å². The molecule has 0 aliphatic carbocycles. The maximum Gasteiger partial charge on any atom is 0.260 e. The third kappa shape index (κ3) is 2.15. The fourth-order valence-corrected chi connectivity index (χ4v) is 1.44. The van der Waals surface area contributed by atoms with E-state index in [2.05, 4.69) is 10.1 Å². The Hall–Kier alpha value is -1.59. The number of nitrogens with zero attached hydrogens (tertiary/aromatic N) is 2. The minimum absolute atomic E-state index is 0.296. The maximum absolute atomic E-state index is 5.86. The molecule has 0 radical (unpaired) electrons. The van der Waals surface area contributed by atoms with Gasteiger partial charge >= 0.3 is 0 Å². The number of methoxy groups -OCH3 is 1. The van der Waals surface area contributed by atoms with Crippen molar-refractivity contribution in [1.82, 2.24) is 10.1 Å². The Labute approximate surface area is 97.2 Å². The number of aromatic nitrogens is 2. The molecule has 0 unspecified atom stereocenters. The maximum atomic E-state index is 5.86. The van der Waals surface area contributed by atoms with Gasteiger partial charge in [-0.1, -0.05) is 16.8 Å². The number of rotatable bonds is 3. The van der Waals surface area contributed by atoms with Crippen LogP contribution in [-0.2, 0) is 11.3 Å². The third-order valence-electron chi connectivity index (χ3n) is 1.99. The van der Waals surface area contributed by atoms with Crippen molar-refractivity contribution in [2.24, 2.45) is 0 Å². The van der Waals surface area contributed by atoms with Crippen LogP contribution in [0.4, 0.5) is 5.69 Å². The molecule has 0 saturated heterocycles. The van der Waals surface area contributed by atoms with Gasteiger partial charge in [-0.2, -0.15) is 4.98 Å². The van der Waals surface area contributed by atoms with Crippen LogP contribution in [0.1, 0.15) is 5.82 Å². The van der Waals surface area contributed by atoms with E-state index in [4.69, 9.17) is 26.6 Å². The molecule has 2 N–H and O–H groups in total. The first-order chi connectivity index (χ1) is 7.70. The Bertz CT molecular complexity index is 499. The molecule has 0 fully saturated rings. The highest BCUT2D eigenvalue weighted by Crippen LogP contribution is 2.27. The van der Waals surface area contributed by atoms with Crippen LogP contribution in [0.5, 0.6) is 0 Å². The zero-order valence-electron chi connectivity index (χ0n) is 8.61. The number of halogens is 1. The summed E-state index contributed by atoms with van der Waals surface area (Å²) in [7, 11) is 1.56. The van der Waals surface area contributed by atoms with Crippen molar-refractivity contribution in [1.29, 1.82) is 0 Å². The Balaban J connectivity index is 2.38. The van der Waals surface area contributed by atoms with Gasteiger partial charge in [0.25, 0.3) is 5.89 Å². The van der Waals surface area contributed by atoms with Crippen molar-refractivity contribution in [3.05, 3.63) is 29.0 Å². The zero-order valence-corrected chi connectivity index (χ0v) is 9.36. The molecule has 16 heavy (non-hydrogen) atoms. The van der Waals surface area contributed by atoms with Gasteiger partial charge in [0.1, 0.15) is 6.61 Å². The summed E-state index contributed by atoms with van der Waals surface area (Å²) in [5.74, 6) is 0.809. The minimum atomic E-state index is 0.296. The van der Waals surface area contributed by atoms with Crippen LogP contribution in [0.15, 0.2) is 22.7 Å². The summed E-state index contributed by atoms with van der Waals surface area (Å²) < 4.78 is 9.95. The molecule has 84 valence electrons. The summed E-state index contributed by atoms with van der Waals surface area (Å²) in [6, 6.07) is 5.08. The normalized spacial score (nSPS) is 10.6. The number of nitrogen functional groups attached to an aromatic ring is 1. The van der Waals surface area contributed by atoms with Crippen LogP contribution in [0, 0.1) is 0 Å². The third-order valence-corrected chi connectivity index (χ3v) is 2.22. The molecular formula is C10H10ClN3O2. The van der Waals surface area contributed by atoms with E-state index in [-0.39, 0.29) is 0 Å². The summed E-state index contributed by atoms with van der Waals surface area (Å²) in [6.07, 6.45) is 0. The smallest absolute Gasteiger partial charge is 0.260 e. The van der Waals surface area contributed by atoms with E-state index in [1.54, 1.807) is 25.3 Å². The Morgan fingerprint density at radius 2 is 2.31 bits per heavy atom. The number of nitrogens with two attached hydrogens (primary N) is 1. The van der Waals surface area contributed by atoms with Crippen molar-refractivity contribution in [2.75, 3.05) is 12.8 Å². The fourth-order valence-electron chi connectivity index (χ4n) is 1.26. The molecule has 5 nitrogen and oxygen atoms in total. The first kappa shape index (κ1) is 10.9. The van der Waals surface area contributed by atoms with Crippen molar-refractivity contribution in [3.63, 3.8) is 0 Å². The van der Waals surface area contributed by atoms with Gasteiger partial charge in [0, 0.05) is 17.8 Å². The van der Waals surface area contributed by atoms with E-state index < -0.39 is 0 Å². The van der Waals surface area contributed by atoms with Gasteiger partial charge in [0.2, 0.25) is 0 Å². The lowest BCUT2D eigenvalue weighted by atomic mass is 10.2. The zero-order chi connectivity index (χ0) is 11.5. The second-order valence-corrected chi connectivity index (χ2v) is 3.62. The van der Waals surface area contributed by atoms with Gasteiger partial charge in [-0.15, -0.1) is 0 Å². The van der Waals surface area contributed by atoms with Crippen LogP contribution in [0.3, 0.4) is 0 Å². The van der Waals surface area contributed by atoms with E-state index in [1.165, 1.54) is 0 Å². The standard InChI is InChI=1S/C10H10ClN3O2/c1-15-5-9-13-10(16-14-9)7-4-6(11)2-3-8(7)12/h2-4H,5,12H2,1H3.